The van der Waals surface area contributed by atoms with E-state index in [4.69, 9.17) is 104 Å². The van der Waals surface area contributed by atoms with Crippen LogP contribution in [-0.2, 0) is 104 Å². The number of fused-ring (bicyclic) bond motifs is 1. The Balaban J connectivity index is 0.000000287. The van der Waals surface area contributed by atoms with Crippen molar-refractivity contribution in [2.24, 2.45) is 0 Å². The van der Waals surface area contributed by atoms with Gasteiger partial charge in [-0.05, 0) is 188 Å². The molecule has 0 saturated heterocycles. The van der Waals surface area contributed by atoms with Gasteiger partial charge in [-0.2, -0.15) is 0 Å². The van der Waals surface area contributed by atoms with Crippen LogP contribution in [0.15, 0.2) is 145 Å². The van der Waals surface area contributed by atoms with Gasteiger partial charge in [-0.1, -0.05) is 6.92 Å². The second-order valence-corrected chi connectivity index (χ2v) is 28.5. The summed E-state index contributed by atoms with van der Waals surface area (Å²) in [6.07, 6.45) is 40.1. The van der Waals surface area contributed by atoms with Crippen molar-refractivity contribution in [1.82, 2.24) is 0 Å². The molecule has 24 heteroatoms. The summed E-state index contributed by atoms with van der Waals surface area (Å²) in [4.78, 5) is 1.56. The maximum absolute atomic E-state index is 5.75. The molecule has 10 unspecified atom stereocenters. The van der Waals surface area contributed by atoms with Crippen LogP contribution in [0, 0.1) is 0 Å². The molecule has 0 aromatic heterocycles. The Morgan fingerprint density at radius 2 is 0.881 bits per heavy atom. The van der Waals surface area contributed by atoms with E-state index in [9.17, 15) is 0 Å². The van der Waals surface area contributed by atoms with Crippen LogP contribution in [0.3, 0.4) is 0 Å². The SMILES string of the molecule is C1=COC2CCCC2O1.C1=COCCO1.C1CCSC2=C(CCCC2)OC1.CC1(C)OC=COC1(C)C.CC1=C(C)OCCO1.CC1=COC(C)C(C)O1.CC1=COC(C)CO1.CC1=COCC(C)O1.CC1=COCCO1.CC1CCCO/C=C\S1.CC1COC=CO1.CC1OC=COC1C. The molecule has 14 aliphatic rings. The second-order valence-electron chi connectivity index (χ2n) is 25.9. The molecule has 14 rings (SSSR count). The molecule has 0 aromatic rings. The van der Waals surface area contributed by atoms with Gasteiger partial charge in [0.1, 0.15) is 254 Å². The van der Waals surface area contributed by atoms with Crippen molar-refractivity contribution >= 4 is 23.5 Å². The molecule has 12 heterocycles. The number of hydrogen-bond donors (Lipinski definition) is 0. The minimum Gasteiger partial charge on any atom is -0.501 e. The van der Waals surface area contributed by atoms with Gasteiger partial charge in [-0.25, -0.2) is 0 Å². The lowest BCUT2D eigenvalue weighted by Crippen LogP contribution is -2.49. The molecule has 101 heavy (non-hydrogen) atoms. The standard InChI is InChI=1S/C10H16OS.C8H14O2.C7H10O2.C7H12O2.C7H12OS.4C6H10O2.2C5H8O2.C4H6O2/c1-2-6-10-9(5-1)11-7-3-4-8-12-10;1-7(2)8(3,4)10-6-5-9-7;1-2-6-7(3-1)9-5-4-8-6;1-5-4-8-6(2)7(3)9-5;1-7-3-2-4-8-5-6-9-7;1-5-3-8-6(2)4-7-5;1-5-3-7-4-6(2)8-5;2*1-5-6(2)8-4-3-7-5;2*1-5-4-6-2-3-7-5;1-2-6-4-3-5-1/h1-8H2;5-6H,1-4H3;4-7H,1-3H2;4,6-7H,1-3H3;5-7H,2-4H2,1H3;2*3,6H,4H2,1-2H3;3-4H2,1-2H3;3-6H,1-2H3;4H,2-3H2,1H3;2-3,5H,4H2,1H3;1-2H,3-4H2/b;;;;6-5-;;;;;;;. The third-order valence-electron chi connectivity index (χ3n) is 16.1. The van der Waals surface area contributed by atoms with Crippen molar-refractivity contribution in [3.05, 3.63) is 145 Å². The van der Waals surface area contributed by atoms with Crippen molar-refractivity contribution < 1.29 is 104 Å². The molecule has 0 spiro atoms. The van der Waals surface area contributed by atoms with Crippen molar-refractivity contribution in [3.63, 3.8) is 0 Å². The van der Waals surface area contributed by atoms with Crippen LogP contribution in [-0.4, -0.2) is 150 Å². The summed E-state index contributed by atoms with van der Waals surface area (Å²) in [5, 5.41) is 2.80. The molecular weight excluding hydrogens is 1340 g/mol. The zero-order chi connectivity index (χ0) is 73.9. The maximum atomic E-state index is 5.75. The first-order valence-electron chi connectivity index (χ1n) is 35.8. The third kappa shape index (κ3) is 42.4. The Morgan fingerprint density at radius 1 is 0.356 bits per heavy atom. The van der Waals surface area contributed by atoms with Crippen LogP contribution in [0.4, 0.5) is 0 Å². The minimum absolute atomic E-state index is 0.189. The van der Waals surface area contributed by atoms with Crippen molar-refractivity contribution in [2.45, 2.75) is 267 Å². The average molecular weight is 1470 g/mol. The van der Waals surface area contributed by atoms with Crippen molar-refractivity contribution in [3.8, 4) is 0 Å². The zero-order valence-electron chi connectivity index (χ0n) is 64.1. The molecule has 2 aliphatic carbocycles. The molecule has 578 valence electrons. The second kappa shape index (κ2) is 53.0. The first-order chi connectivity index (χ1) is 48.5. The highest BCUT2D eigenvalue weighted by atomic mass is 32.2. The van der Waals surface area contributed by atoms with Crippen LogP contribution in [0.1, 0.15) is 195 Å². The predicted molar refractivity (Wildman–Crippen MR) is 395 cm³/mol. The quantitative estimate of drug-likeness (QED) is 0.221. The average Bonchev–Trinajstić information content (AvgIpc) is 1.28. The Kier molecular flexibility index (Phi) is 46.4. The van der Waals surface area contributed by atoms with Crippen LogP contribution in [0.5, 0.6) is 0 Å². The van der Waals surface area contributed by atoms with Gasteiger partial charge < -0.3 is 104 Å². The molecule has 0 aromatic carbocycles. The molecule has 0 N–H and O–H groups in total. The van der Waals surface area contributed by atoms with Crippen molar-refractivity contribution in [1.29, 1.82) is 0 Å². The fourth-order valence-electron chi connectivity index (χ4n) is 8.97. The van der Waals surface area contributed by atoms with Gasteiger partial charge in [0.2, 0.25) is 0 Å². The molecule has 1 fully saturated rings. The van der Waals surface area contributed by atoms with E-state index in [1.54, 1.807) is 98.8 Å². The molecule has 22 nitrogen and oxygen atoms in total. The van der Waals surface area contributed by atoms with E-state index < -0.39 is 0 Å². The first kappa shape index (κ1) is 88.4. The van der Waals surface area contributed by atoms with E-state index in [2.05, 4.69) is 6.92 Å². The molecule has 10 atom stereocenters. The van der Waals surface area contributed by atoms with Gasteiger partial charge >= 0.3 is 0 Å². The minimum atomic E-state index is -0.234. The lowest BCUT2D eigenvalue weighted by molar-refractivity contribution is -0.144. The van der Waals surface area contributed by atoms with E-state index in [0.29, 0.717) is 71.7 Å². The summed E-state index contributed by atoms with van der Waals surface area (Å²) < 4.78 is 113. The highest BCUT2D eigenvalue weighted by molar-refractivity contribution is 8.03. The van der Waals surface area contributed by atoms with Crippen LogP contribution in [0.2, 0.25) is 0 Å². The van der Waals surface area contributed by atoms with Gasteiger partial charge in [0.25, 0.3) is 0 Å². The van der Waals surface area contributed by atoms with Crippen LogP contribution < -0.4 is 0 Å². The number of rotatable bonds is 0. The topological polar surface area (TPSA) is 203 Å². The predicted octanol–water partition coefficient (Wildman–Crippen LogP) is 18.3. The zero-order valence-corrected chi connectivity index (χ0v) is 65.7. The fourth-order valence-corrected chi connectivity index (χ4v) is 10.9. The maximum Gasteiger partial charge on any atom is 0.141 e. The van der Waals surface area contributed by atoms with E-state index >= 15 is 0 Å². The summed E-state index contributed by atoms with van der Waals surface area (Å²) in [6.45, 7) is 43.6. The summed E-state index contributed by atoms with van der Waals surface area (Å²) >= 11 is 3.88. The Bertz CT molecular complexity index is 2500. The van der Waals surface area contributed by atoms with Gasteiger partial charge in [0.05, 0.1) is 19.5 Å². The summed E-state index contributed by atoms with van der Waals surface area (Å²) in [5.74, 6) is 7.92. The largest absolute Gasteiger partial charge is 0.501 e. The number of allylic oxidation sites excluding steroid dienone is 8. The Hall–Kier alpha value is -6.82. The van der Waals surface area contributed by atoms with Gasteiger partial charge in [-0.15, -0.1) is 23.5 Å². The van der Waals surface area contributed by atoms with Crippen LogP contribution >= 0.6 is 23.5 Å². The fraction of sp³-hybridized carbons (Fsp3) is 0.688. The normalized spacial score (nSPS) is 28.3. The van der Waals surface area contributed by atoms with Crippen LogP contribution in [0.25, 0.3) is 0 Å². The first-order valence-corrected chi connectivity index (χ1v) is 37.7. The highest BCUT2D eigenvalue weighted by Gasteiger charge is 2.41. The molecule has 1 saturated carbocycles. The van der Waals surface area contributed by atoms with Crippen molar-refractivity contribution in [2.75, 3.05) is 78.4 Å². The smallest absolute Gasteiger partial charge is 0.141 e. The van der Waals surface area contributed by atoms with E-state index in [1.807, 2.05) is 147 Å². The van der Waals surface area contributed by atoms with Gasteiger partial charge in [0.15, 0.2) is 0 Å². The van der Waals surface area contributed by atoms with E-state index in [-0.39, 0.29) is 53.9 Å². The lowest BCUT2D eigenvalue weighted by Gasteiger charge is -2.42. The highest BCUT2D eigenvalue weighted by Crippen LogP contribution is 2.36. The van der Waals surface area contributed by atoms with E-state index in [1.165, 1.54) is 69.3 Å². The summed E-state index contributed by atoms with van der Waals surface area (Å²) in [5.41, 5.74) is -0.469. The molecular formula is C77H126O22S2. The molecule has 0 radical (unpaired) electrons. The molecule has 12 aliphatic heterocycles. The monoisotopic (exact) mass is 1470 g/mol. The molecule has 0 bridgehead atoms. The third-order valence-corrected chi connectivity index (χ3v) is 18.3. The Morgan fingerprint density at radius 3 is 1.34 bits per heavy atom. The molecule has 0 amide bonds. The number of thioether (sulfide) groups is 2. The van der Waals surface area contributed by atoms with Gasteiger partial charge in [-0.3, -0.25) is 0 Å². The number of ether oxygens (including phenoxy) is 22. The Labute approximate surface area is 614 Å². The number of hydrogen-bond acceptors (Lipinski definition) is 24. The lowest BCUT2D eigenvalue weighted by atomic mass is 9.89. The van der Waals surface area contributed by atoms with E-state index in [0.717, 1.165) is 65.9 Å². The summed E-state index contributed by atoms with van der Waals surface area (Å²) in [6, 6.07) is 0. The summed E-state index contributed by atoms with van der Waals surface area (Å²) in [7, 11) is 0. The van der Waals surface area contributed by atoms with Gasteiger partial charge in [0, 0.05) is 22.0 Å².